The van der Waals surface area contributed by atoms with Gasteiger partial charge < -0.3 is 11.1 Å². The van der Waals surface area contributed by atoms with Gasteiger partial charge in [0, 0.05) is 17.3 Å². The van der Waals surface area contributed by atoms with E-state index in [1.54, 1.807) is 13.1 Å². The lowest BCUT2D eigenvalue weighted by Crippen LogP contribution is -2.23. The Morgan fingerprint density at radius 1 is 1.69 bits per heavy atom. The number of aromatic amines is 1. The number of anilines is 1. The van der Waals surface area contributed by atoms with Gasteiger partial charge in [-0.15, -0.1) is 11.3 Å². The molecule has 2 aromatic rings. The number of nitrogen functional groups attached to an aromatic ring is 1. The number of thiazole rings is 1. The van der Waals surface area contributed by atoms with Gasteiger partial charge in [0.25, 0.3) is 5.91 Å². The van der Waals surface area contributed by atoms with Crippen molar-refractivity contribution in [3.63, 3.8) is 0 Å². The molecule has 84 valence electrons. The number of aromatic nitrogens is 3. The van der Waals surface area contributed by atoms with Crippen molar-refractivity contribution in [1.82, 2.24) is 20.5 Å². The molecule has 4 N–H and O–H groups in total. The van der Waals surface area contributed by atoms with Crippen molar-refractivity contribution >= 4 is 23.1 Å². The summed E-state index contributed by atoms with van der Waals surface area (Å²) in [5.74, 6) is -0.0203. The van der Waals surface area contributed by atoms with Crippen LogP contribution in [0.3, 0.4) is 0 Å². The Morgan fingerprint density at radius 3 is 3.06 bits per heavy atom. The number of rotatable bonds is 3. The molecule has 0 unspecified atom stereocenters. The third kappa shape index (κ3) is 2.03. The van der Waals surface area contributed by atoms with Gasteiger partial charge in [0.2, 0.25) is 0 Å². The molecule has 6 nitrogen and oxygen atoms in total. The standard InChI is InChI=1S/C9H11N5OS/c1-5-7(8(10)14-13-5)9(15)12-4-6-11-2-3-16-6/h2-3H,4H2,1H3,(H,12,15)(H3,10,13,14). The Kier molecular flexibility index (Phi) is 2.86. The normalized spacial score (nSPS) is 10.3. The second-order valence-corrected chi connectivity index (χ2v) is 4.20. The van der Waals surface area contributed by atoms with Gasteiger partial charge in [-0.3, -0.25) is 9.89 Å². The van der Waals surface area contributed by atoms with Crippen LogP contribution in [0.25, 0.3) is 0 Å². The number of amides is 1. The van der Waals surface area contributed by atoms with Crippen LogP contribution in [0.4, 0.5) is 5.82 Å². The molecule has 0 bridgehead atoms. The molecule has 0 aliphatic carbocycles. The van der Waals surface area contributed by atoms with Gasteiger partial charge in [-0.2, -0.15) is 5.10 Å². The zero-order chi connectivity index (χ0) is 11.5. The summed E-state index contributed by atoms with van der Waals surface area (Å²) in [4.78, 5) is 15.8. The van der Waals surface area contributed by atoms with Crippen molar-refractivity contribution in [2.45, 2.75) is 13.5 Å². The maximum atomic E-state index is 11.8. The molecule has 0 aliphatic rings. The van der Waals surface area contributed by atoms with E-state index < -0.39 is 0 Å². The maximum Gasteiger partial charge on any atom is 0.257 e. The summed E-state index contributed by atoms with van der Waals surface area (Å²) >= 11 is 1.49. The number of hydrogen-bond acceptors (Lipinski definition) is 5. The Hall–Kier alpha value is -1.89. The van der Waals surface area contributed by atoms with E-state index in [1.807, 2.05) is 5.38 Å². The fourth-order valence-electron chi connectivity index (χ4n) is 1.32. The summed E-state index contributed by atoms with van der Waals surface area (Å²) in [5.41, 5.74) is 6.64. The topological polar surface area (TPSA) is 96.7 Å². The Morgan fingerprint density at radius 2 is 2.50 bits per heavy atom. The molecule has 2 aromatic heterocycles. The molecule has 0 aromatic carbocycles. The summed E-state index contributed by atoms with van der Waals surface area (Å²) in [6, 6.07) is 0. The molecule has 0 aliphatic heterocycles. The van der Waals surface area contributed by atoms with Crippen molar-refractivity contribution in [1.29, 1.82) is 0 Å². The van der Waals surface area contributed by atoms with E-state index in [0.717, 1.165) is 5.01 Å². The summed E-state index contributed by atoms with van der Waals surface area (Å²) in [6.45, 7) is 2.15. The van der Waals surface area contributed by atoms with Gasteiger partial charge in [0.1, 0.15) is 10.6 Å². The fraction of sp³-hybridized carbons (Fsp3) is 0.222. The highest BCUT2D eigenvalue weighted by Gasteiger charge is 2.15. The van der Waals surface area contributed by atoms with Crippen molar-refractivity contribution < 1.29 is 4.79 Å². The molecule has 2 heterocycles. The number of nitrogens with two attached hydrogens (primary N) is 1. The van der Waals surface area contributed by atoms with E-state index in [4.69, 9.17) is 5.73 Å². The first kappa shape index (κ1) is 10.6. The largest absolute Gasteiger partial charge is 0.382 e. The molecule has 0 saturated carbocycles. The minimum Gasteiger partial charge on any atom is -0.382 e. The molecular formula is C9H11N5OS. The molecule has 0 radical (unpaired) electrons. The average molecular weight is 237 g/mol. The Bertz CT molecular complexity index is 470. The highest BCUT2D eigenvalue weighted by Crippen LogP contribution is 2.12. The molecule has 0 fully saturated rings. The SMILES string of the molecule is Cc1[nH]nc(N)c1C(=O)NCc1nccs1. The molecule has 7 heteroatoms. The number of nitrogens with one attached hydrogen (secondary N) is 2. The molecule has 0 atom stereocenters. The van der Waals surface area contributed by atoms with Crippen LogP contribution in [-0.4, -0.2) is 21.1 Å². The van der Waals surface area contributed by atoms with Crippen molar-refractivity contribution in [2.24, 2.45) is 0 Å². The smallest absolute Gasteiger partial charge is 0.257 e. The number of hydrogen-bond donors (Lipinski definition) is 3. The van der Waals surface area contributed by atoms with Crippen LogP contribution in [0.1, 0.15) is 21.1 Å². The van der Waals surface area contributed by atoms with Crippen molar-refractivity contribution in [3.8, 4) is 0 Å². The van der Waals surface area contributed by atoms with E-state index in [1.165, 1.54) is 11.3 Å². The van der Waals surface area contributed by atoms with Crippen LogP contribution in [0.2, 0.25) is 0 Å². The number of carbonyl (C=O) groups is 1. The molecule has 16 heavy (non-hydrogen) atoms. The first-order valence-corrected chi connectivity index (χ1v) is 5.53. The van der Waals surface area contributed by atoms with Crippen LogP contribution in [0.5, 0.6) is 0 Å². The Balaban J connectivity index is 2.04. The van der Waals surface area contributed by atoms with E-state index in [9.17, 15) is 4.79 Å². The lowest BCUT2D eigenvalue weighted by Gasteiger charge is -2.02. The number of nitrogens with zero attached hydrogens (tertiary/aromatic N) is 2. The van der Waals surface area contributed by atoms with E-state index in [2.05, 4.69) is 20.5 Å². The predicted molar refractivity (Wildman–Crippen MR) is 61.0 cm³/mol. The van der Waals surface area contributed by atoms with Gasteiger partial charge in [-0.25, -0.2) is 4.98 Å². The van der Waals surface area contributed by atoms with Crippen molar-refractivity contribution in [3.05, 3.63) is 27.8 Å². The van der Waals surface area contributed by atoms with Crippen LogP contribution in [0, 0.1) is 6.92 Å². The first-order valence-electron chi connectivity index (χ1n) is 4.65. The van der Waals surface area contributed by atoms with E-state index in [-0.39, 0.29) is 11.7 Å². The molecule has 2 rings (SSSR count). The number of aryl methyl sites for hydroxylation is 1. The second-order valence-electron chi connectivity index (χ2n) is 3.22. The molecule has 1 amide bonds. The zero-order valence-corrected chi connectivity index (χ0v) is 9.47. The lowest BCUT2D eigenvalue weighted by atomic mass is 10.2. The summed E-state index contributed by atoms with van der Waals surface area (Å²) in [5, 5.41) is 11.9. The first-order chi connectivity index (χ1) is 7.68. The second kappa shape index (κ2) is 4.31. The quantitative estimate of drug-likeness (QED) is 0.731. The van der Waals surface area contributed by atoms with Gasteiger partial charge >= 0.3 is 0 Å². The van der Waals surface area contributed by atoms with Crippen molar-refractivity contribution in [2.75, 3.05) is 5.73 Å². The average Bonchev–Trinajstić information content (AvgIpc) is 2.86. The third-order valence-corrected chi connectivity index (χ3v) is 2.87. The molecule has 0 spiro atoms. The predicted octanol–water partition coefficient (Wildman–Crippen LogP) is 0.687. The van der Waals surface area contributed by atoms with E-state index in [0.29, 0.717) is 17.8 Å². The minimum absolute atomic E-state index is 0.217. The van der Waals surface area contributed by atoms with Crippen LogP contribution in [-0.2, 0) is 6.54 Å². The van der Waals surface area contributed by atoms with Crippen LogP contribution in [0.15, 0.2) is 11.6 Å². The summed E-state index contributed by atoms with van der Waals surface area (Å²) < 4.78 is 0. The Labute approximate surface area is 95.9 Å². The number of carbonyl (C=O) groups excluding carboxylic acids is 1. The summed E-state index contributed by atoms with van der Waals surface area (Å²) in [6.07, 6.45) is 1.70. The van der Waals surface area contributed by atoms with Gasteiger partial charge in [0.05, 0.1) is 6.54 Å². The highest BCUT2D eigenvalue weighted by molar-refractivity contribution is 7.09. The third-order valence-electron chi connectivity index (χ3n) is 2.09. The van der Waals surface area contributed by atoms with Crippen LogP contribution < -0.4 is 11.1 Å². The summed E-state index contributed by atoms with van der Waals surface area (Å²) in [7, 11) is 0. The van der Waals surface area contributed by atoms with Gasteiger partial charge in [-0.05, 0) is 6.92 Å². The minimum atomic E-state index is -0.237. The fourth-order valence-corrected chi connectivity index (χ4v) is 1.88. The van der Waals surface area contributed by atoms with Gasteiger partial charge in [-0.1, -0.05) is 0 Å². The highest BCUT2D eigenvalue weighted by atomic mass is 32.1. The lowest BCUT2D eigenvalue weighted by molar-refractivity contribution is 0.0951. The maximum absolute atomic E-state index is 11.8. The van der Waals surface area contributed by atoms with E-state index >= 15 is 0 Å². The molecule has 0 saturated heterocycles. The zero-order valence-electron chi connectivity index (χ0n) is 8.65. The monoisotopic (exact) mass is 237 g/mol. The van der Waals surface area contributed by atoms with Crippen LogP contribution >= 0.6 is 11.3 Å². The van der Waals surface area contributed by atoms with Gasteiger partial charge in [0.15, 0.2) is 5.82 Å². The molecular weight excluding hydrogens is 226 g/mol. The number of H-pyrrole nitrogens is 1.